The van der Waals surface area contributed by atoms with Gasteiger partial charge in [0.15, 0.2) is 0 Å². The van der Waals surface area contributed by atoms with Gasteiger partial charge in [0.2, 0.25) is 0 Å². The van der Waals surface area contributed by atoms with Crippen LogP contribution in [0.25, 0.3) is 0 Å². The summed E-state index contributed by atoms with van der Waals surface area (Å²) in [4.78, 5) is 0. The molecule has 0 aromatic rings. The van der Waals surface area contributed by atoms with Gasteiger partial charge < -0.3 is 9.22 Å². The van der Waals surface area contributed by atoms with Gasteiger partial charge >= 0.3 is 0 Å². The fraction of sp³-hybridized carbons (Fsp3) is 1.00. The summed E-state index contributed by atoms with van der Waals surface area (Å²) < 4.78 is 6.95. The normalized spacial score (nSPS) is 13.3. The van der Waals surface area contributed by atoms with E-state index in [1.54, 1.807) is 0 Å². The molecule has 0 spiro atoms. The lowest BCUT2D eigenvalue weighted by atomic mass is 10.2. The van der Waals surface area contributed by atoms with Gasteiger partial charge in [-0.2, -0.15) is 0 Å². The van der Waals surface area contributed by atoms with Crippen LogP contribution in [-0.4, -0.2) is 42.9 Å². The van der Waals surface area contributed by atoms with Gasteiger partial charge in [0, 0.05) is 0 Å². The molecule has 0 atom stereocenters. The third-order valence-corrected chi connectivity index (χ3v) is 3.11. The Hall–Kier alpha value is -0.0800. The Labute approximate surface area is 89.8 Å². The van der Waals surface area contributed by atoms with E-state index in [2.05, 4.69) is 41.5 Å². The van der Waals surface area contributed by atoms with Crippen LogP contribution in [0, 0.1) is 0 Å². The standard InChI is InChI=1S/C12H28NO/c1-7-13(8-2,9-3)10-11-14-12(4,5)6/h7-11H2,1-6H3/q+1. The van der Waals surface area contributed by atoms with Crippen molar-refractivity contribution in [3.63, 3.8) is 0 Å². The molecule has 0 amide bonds. The van der Waals surface area contributed by atoms with E-state index in [4.69, 9.17) is 4.74 Å². The molecule has 14 heavy (non-hydrogen) atoms. The van der Waals surface area contributed by atoms with E-state index < -0.39 is 0 Å². The number of hydrogen-bond acceptors (Lipinski definition) is 1. The minimum Gasteiger partial charge on any atom is -0.370 e. The maximum atomic E-state index is 5.77. The zero-order valence-corrected chi connectivity index (χ0v) is 10.9. The first-order chi connectivity index (χ1) is 6.39. The smallest absolute Gasteiger partial charge is 0.102 e. The van der Waals surface area contributed by atoms with Gasteiger partial charge in [-0.05, 0) is 41.5 Å². The second-order valence-corrected chi connectivity index (χ2v) is 4.97. The molecular weight excluding hydrogens is 174 g/mol. The fourth-order valence-corrected chi connectivity index (χ4v) is 1.69. The van der Waals surface area contributed by atoms with E-state index in [9.17, 15) is 0 Å². The van der Waals surface area contributed by atoms with Gasteiger partial charge in [-0.1, -0.05) is 0 Å². The van der Waals surface area contributed by atoms with E-state index in [1.165, 1.54) is 24.1 Å². The van der Waals surface area contributed by atoms with Crippen molar-refractivity contribution in [3.8, 4) is 0 Å². The predicted octanol–water partition coefficient (Wildman–Crippen LogP) is 2.68. The number of ether oxygens (including phenoxy) is 1. The van der Waals surface area contributed by atoms with Crippen molar-refractivity contribution < 1.29 is 9.22 Å². The van der Waals surface area contributed by atoms with E-state index in [1.807, 2.05) is 0 Å². The summed E-state index contributed by atoms with van der Waals surface area (Å²) in [5.41, 5.74) is 0.00485. The number of nitrogens with zero attached hydrogens (tertiary/aromatic N) is 1. The lowest BCUT2D eigenvalue weighted by molar-refractivity contribution is -0.923. The monoisotopic (exact) mass is 202 g/mol. The van der Waals surface area contributed by atoms with Crippen molar-refractivity contribution in [2.75, 3.05) is 32.8 Å². The first kappa shape index (κ1) is 13.9. The molecule has 0 saturated carbocycles. The molecule has 0 aromatic carbocycles. The molecule has 0 bridgehead atoms. The Balaban J connectivity index is 3.95. The summed E-state index contributed by atoms with van der Waals surface area (Å²) in [6.07, 6.45) is 0. The molecule has 0 rings (SSSR count). The largest absolute Gasteiger partial charge is 0.370 e. The fourth-order valence-electron chi connectivity index (χ4n) is 1.69. The molecule has 0 heterocycles. The summed E-state index contributed by atoms with van der Waals surface area (Å²) in [6.45, 7) is 18.8. The van der Waals surface area contributed by atoms with Crippen LogP contribution in [-0.2, 0) is 4.74 Å². The van der Waals surface area contributed by atoms with Crippen LogP contribution >= 0.6 is 0 Å². The average molecular weight is 202 g/mol. The van der Waals surface area contributed by atoms with Crippen LogP contribution in [0.3, 0.4) is 0 Å². The molecule has 86 valence electrons. The SMILES string of the molecule is CC[N+](CC)(CC)CCOC(C)(C)C. The van der Waals surface area contributed by atoms with Gasteiger partial charge in [0.25, 0.3) is 0 Å². The second-order valence-electron chi connectivity index (χ2n) is 4.97. The number of rotatable bonds is 6. The molecule has 0 aliphatic carbocycles. The number of hydrogen-bond donors (Lipinski definition) is 0. The van der Waals surface area contributed by atoms with E-state index in [0.29, 0.717) is 0 Å². The van der Waals surface area contributed by atoms with Crippen molar-refractivity contribution in [1.82, 2.24) is 0 Å². The van der Waals surface area contributed by atoms with Gasteiger partial charge in [-0.25, -0.2) is 0 Å². The molecule has 0 radical (unpaired) electrons. The molecule has 0 aliphatic heterocycles. The van der Waals surface area contributed by atoms with Crippen LogP contribution in [0.15, 0.2) is 0 Å². The first-order valence-corrected chi connectivity index (χ1v) is 5.88. The molecule has 0 saturated heterocycles. The maximum absolute atomic E-state index is 5.77. The molecule has 0 N–H and O–H groups in total. The van der Waals surface area contributed by atoms with Gasteiger partial charge in [-0.3, -0.25) is 0 Å². The van der Waals surface area contributed by atoms with Crippen molar-refractivity contribution in [2.24, 2.45) is 0 Å². The summed E-state index contributed by atoms with van der Waals surface area (Å²) in [6, 6.07) is 0. The highest BCUT2D eigenvalue weighted by Gasteiger charge is 2.21. The molecule has 0 unspecified atom stereocenters. The van der Waals surface area contributed by atoms with Crippen molar-refractivity contribution in [2.45, 2.75) is 47.1 Å². The van der Waals surface area contributed by atoms with E-state index in [-0.39, 0.29) is 5.60 Å². The van der Waals surface area contributed by atoms with Crippen LogP contribution < -0.4 is 0 Å². The predicted molar refractivity (Wildman–Crippen MR) is 62.5 cm³/mol. The molecule has 0 fully saturated rings. The second kappa shape index (κ2) is 5.72. The minimum absolute atomic E-state index is 0.00485. The van der Waals surface area contributed by atoms with E-state index >= 15 is 0 Å². The molecule has 2 nitrogen and oxygen atoms in total. The maximum Gasteiger partial charge on any atom is 0.102 e. The summed E-state index contributed by atoms with van der Waals surface area (Å²) in [5.74, 6) is 0. The Kier molecular flexibility index (Phi) is 5.68. The molecule has 0 aromatic heterocycles. The zero-order chi connectivity index (χ0) is 11.2. The van der Waals surface area contributed by atoms with Crippen LogP contribution in [0.5, 0.6) is 0 Å². The number of likely N-dealkylation sites (N-methyl/N-ethyl adjacent to an activating group) is 1. The van der Waals surface area contributed by atoms with Crippen LogP contribution in [0.1, 0.15) is 41.5 Å². The van der Waals surface area contributed by atoms with Gasteiger partial charge in [0.05, 0.1) is 31.8 Å². The topological polar surface area (TPSA) is 9.23 Å². The summed E-state index contributed by atoms with van der Waals surface area (Å²) in [7, 11) is 0. The van der Waals surface area contributed by atoms with Crippen molar-refractivity contribution in [3.05, 3.63) is 0 Å². The highest BCUT2D eigenvalue weighted by molar-refractivity contribution is 4.58. The Morgan fingerprint density at radius 3 is 1.64 bits per heavy atom. The summed E-state index contributed by atoms with van der Waals surface area (Å²) in [5, 5.41) is 0. The lowest BCUT2D eigenvalue weighted by Crippen LogP contribution is -2.50. The van der Waals surface area contributed by atoms with Gasteiger partial charge in [0.1, 0.15) is 6.54 Å². The van der Waals surface area contributed by atoms with Crippen LogP contribution in [0.4, 0.5) is 0 Å². The average Bonchev–Trinajstić information content (AvgIpc) is 2.11. The molecule has 2 heteroatoms. The Morgan fingerprint density at radius 1 is 0.929 bits per heavy atom. The molecular formula is C12H28NO+. The van der Waals surface area contributed by atoms with Gasteiger partial charge in [-0.15, -0.1) is 0 Å². The van der Waals surface area contributed by atoms with Crippen molar-refractivity contribution >= 4 is 0 Å². The van der Waals surface area contributed by atoms with Crippen molar-refractivity contribution in [1.29, 1.82) is 0 Å². The third kappa shape index (κ3) is 4.97. The Bertz CT molecular complexity index is 137. The highest BCUT2D eigenvalue weighted by atomic mass is 16.5. The molecule has 0 aliphatic rings. The van der Waals surface area contributed by atoms with Crippen LogP contribution in [0.2, 0.25) is 0 Å². The Morgan fingerprint density at radius 2 is 1.36 bits per heavy atom. The van der Waals surface area contributed by atoms with E-state index in [0.717, 1.165) is 13.2 Å². The highest BCUT2D eigenvalue weighted by Crippen LogP contribution is 2.10. The zero-order valence-electron chi connectivity index (χ0n) is 10.9. The number of quaternary nitrogens is 1. The quantitative estimate of drug-likeness (QED) is 0.602. The minimum atomic E-state index is 0.00485. The first-order valence-electron chi connectivity index (χ1n) is 5.88. The lowest BCUT2D eigenvalue weighted by Gasteiger charge is -2.36. The third-order valence-electron chi connectivity index (χ3n) is 3.11. The summed E-state index contributed by atoms with van der Waals surface area (Å²) >= 11 is 0.